The second-order valence-electron chi connectivity index (χ2n) is 3.61. The van der Waals surface area contributed by atoms with Crippen molar-refractivity contribution >= 4 is 28.5 Å². The molecular weight excluding hydrogens is 242 g/mol. The number of carboxylic acids is 1. The first-order valence-electron chi connectivity index (χ1n) is 4.91. The van der Waals surface area contributed by atoms with Crippen LogP contribution in [0.25, 0.3) is 10.9 Å². The molecule has 88 valence electrons. The lowest BCUT2D eigenvalue weighted by Crippen LogP contribution is -2.01. The Kier molecular flexibility index (Phi) is 2.90. The Labute approximate surface area is 103 Å². The number of nitrogens with zero attached hydrogens (tertiary/aromatic N) is 1. The summed E-state index contributed by atoms with van der Waals surface area (Å²) in [5.74, 6) is -0.522. The molecule has 1 aromatic heterocycles. The van der Waals surface area contributed by atoms with E-state index in [0.29, 0.717) is 16.7 Å². The molecule has 0 fully saturated rings. The summed E-state index contributed by atoms with van der Waals surface area (Å²) in [7, 11) is 1.51. The Morgan fingerprint density at radius 3 is 2.76 bits per heavy atom. The van der Waals surface area contributed by atoms with E-state index in [1.807, 2.05) is 6.92 Å². The average Bonchev–Trinajstić information content (AvgIpc) is 2.28. The maximum Gasteiger partial charge on any atom is 0.336 e. The molecule has 0 aliphatic rings. The van der Waals surface area contributed by atoms with Gasteiger partial charge in [-0.1, -0.05) is 17.7 Å². The molecule has 1 aromatic carbocycles. The van der Waals surface area contributed by atoms with Crippen molar-refractivity contribution in [2.75, 3.05) is 7.11 Å². The van der Waals surface area contributed by atoms with E-state index in [0.717, 1.165) is 5.56 Å². The number of halogens is 1. The molecule has 0 radical (unpaired) electrons. The molecule has 4 nitrogen and oxygen atoms in total. The molecular formula is C12H10ClNO3. The van der Waals surface area contributed by atoms with Crippen molar-refractivity contribution in [2.24, 2.45) is 0 Å². The molecule has 1 N–H and O–H groups in total. The number of aromatic nitrogens is 1. The highest BCUT2D eigenvalue weighted by atomic mass is 35.5. The van der Waals surface area contributed by atoms with Gasteiger partial charge in [-0.15, -0.1) is 0 Å². The molecule has 2 rings (SSSR count). The average molecular weight is 252 g/mol. The Hall–Kier alpha value is -1.81. The summed E-state index contributed by atoms with van der Waals surface area (Å²) < 4.78 is 5.16. The minimum Gasteiger partial charge on any atom is -0.494 e. The molecule has 0 saturated carbocycles. The monoisotopic (exact) mass is 251 g/mol. The van der Waals surface area contributed by atoms with Crippen molar-refractivity contribution in [1.29, 1.82) is 0 Å². The minimum absolute atomic E-state index is 0.136. The highest BCUT2D eigenvalue weighted by molar-refractivity contribution is 6.30. The third-order valence-electron chi connectivity index (χ3n) is 2.55. The van der Waals surface area contributed by atoms with Crippen LogP contribution in [0.15, 0.2) is 18.2 Å². The normalized spacial score (nSPS) is 10.5. The zero-order valence-electron chi connectivity index (χ0n) is 9.32. The molecule has 1 heterocycles. The van der Waals surface area contributed by atoms with E-state index >= 15 is 0 Å². The predicted molar refractivity (Wildman–Crippen MR) is 65.0 cm³/mol. The molecule has 5 heteroatoms. The first-order valence-corrected chi connectivity index (χ1v) is 5.29. The molecule has 0 bridgehead atoms. The van der Waals surface area contributed by atoms with E-state index in [1.165, 1.54) is 13.2 Å². The molecule has 0 saturated heterocycles. The van der Waals surface area contributed by atoms with E-state index in [9.17, 15) is 4.79 Å². The van der Waals surface area contributed by atoms with Crippen LogP contribution in [0.3, 0.4) is 0 Å². The van der Waals surface area contributed by atoms with E-state index in [-0.39, 0.29) is 10.7 Å². The topological polar surface area (TPSA) is 59.4 Å². The van der Waals surface area contributed by atoms with Crippen LogP contribution in [0.4, 0.5) is 0 Å². The number of fused-ring (bicyclic) bond motifs is 1. The number of carboxylic acid groups (broad SMARTS) is 1. The van der Waals surface area contributed by atoms with Gasteiger partial charge in [-0.25, -0.2) is 9.78 Å². The fourth-order valence-corrected chi connectivity index (χ4v) is 1.98. The van der Waals surface area contributed by atoms with E-state index in [1.54, 1.807) is 12.1 Å². The summed E-state index contributed by atoms with van der Waals surface area (Å²) in [6.45, 7) is 1.82. The molecule has 2 aromatic rings. The lowest BCUT2D eigenvalue weighted by atomic mass is 10.0. The number of aromatic carboxylic acids is 1. The summed E-state index contributed by atoms with van der Waals surface area (Å²) in [6.07, 6.45) is 0. The highest BCUT2D eigenvalue weighted by Crippen LogP contribution is 2.31. The van der Waals surface area contributed by atoms with Crippen LogP contribution in [0.5, 0.6) is 5.75 Å². The van der Waals surface area contributed by atoms with Crippen LogP contribution in [0.1, 0.15) is 15.9 Å². The van der Waals surface area contributed by atoms with Crippen molar-refractivity contribution in [3.8, 4) is 5.75 Å². The van der Waals surface area contributed by atoms with Gasteiger partial charge < -0.3 is 9.84 Å². The minimum atomic E-state index is -1.03. The van der Waals surface area contributed by atoms with Gasteiger partial charge in [-0.05, 0) is 24.6 Å². The van der Waals surface area contributed by atoms with Gasteiger partial charge in [0, 0.05) is 5.39 Å². The fraction of sp³-hybridized carbons (Fsp3) is 0.167. The Morgan fingerprint density at radius 2 is 2.18 bits per heavy atom. The predicted octanol–water partition coefficient (Wildman–Crippen LogP) is 2.90. The zero-order chi connectivity index (χ0) is 12.6. The van der Waals surface area contributed by atoms with Crippen molar-refractivity contribution in [3.05, 3.63) is 34.5 Å². The van der Waals surface area contributed by atoms with E-state index in [4.69, 9.17) is 21.4 Å². The number of hydrogen-bond donors (Lipinski definition) is 1. The van der Waals surface area contributed by atoms with E-state index < -0.39 is 5.97 Å². The SMILES string of the molecule is COc1ccc(C)c2c(C(=O)O)cc(Cl)nc12. The van der Waals surface area contributed by atoms with Crippen LogP contribution in [-0.2, 0) is 0 Å². The zero-order valence-corrected chi connectivity index (χ0v) is 10.1. The van der Waals surface area contributed by atoms with Crippen molar-refractivity contribution in [3.63, 3.8) is 0 Å². The van der Waals surface area contributed by atoms with Crippen LogP contribution in [0, 0.1) is 6.92 Å². The quantitative estimate of drug-likeness (QED) is 0.834. The van der Waals surface area contributed by atoms with Gasteiger partial charge in [0.1, 0.15) is 16.4 Å². The largest absolute Gasteiger partial charge is 0.494 e. The smallest absolute Gasteiger partial charge is 0.336 e. The van der Waals surface area contributed by atoms with Gasteiger partial charge in [0.15, 0.2) is 0 Å². The number of methoxy groups -OCH3 is 1. The first-order chi connectivity index (χ1) is 8.04. The van der Waals surface area contributed by atoms with Crippen LogP contribution >= 0.6 is 11.6 Å². The Balaban J connectivity index is 2.97. The maximum absolute atomic E-state index is 11.2. The van der Waals surface area contributed by atoms with Gasteiger partial charge >= 0.3 is 5.97 Å². The van der Waals surface area contributed by atoms with E-state index in [2.05, 4.69) is 4.98 Å². The second-order valence-corrected chi connectivity index (χ2v) is 3.99. The third-order valence-corrected chi connectivity index (χ3v) is 2.74. The van der Waals surface area contributed by atoms with Gasteiger partial charge in [0.05, 0.1) is 12.7 Å². The van der Waals surface area contributed by atoms with Gasteiger partial charge in [-0.3, -0.25) is 0 Å². The van der Waals surface area contributed by atoms with Crippen molar-refractivity contribution < 1.29 is 14.6 Å². The lowest BCUT2D eigenvalue weighted by molar-refractivity contribution is 0.0699. The molecule has 0 spiro atoms. The van der Waals surface area contributed by atoms with Gasteiger partial charge in [0.25, 0.3) is 0 Å². The van der Waals surface area contributed by atoms with Crippen LogP contribution < -0.4 is 4.74 Å². The second kappa shape index (κ2) is 4.22. The highest BCUT2D eigenvalue weighted by Gasteiger charge is 2.16. The summed E-state index contributed by atoms with van der Waals surface area (Å²) in [6, 6.07) is 4.88. The summed E-state index contributed by atoms with van der Waals surface area (Å²) >= 11 is 5.82. The molecule has 0 amide bonds. The number of rotatable bonds is 2. The lowest BCUT2D eigenvalue weighted by Gasteiger charge is -2.10. The number of aryl methyl sites for hydroxylation is 1. The molecule has 0 unspecified atom stereocenters. The van der Waals surface area contributed by atoms with Crippen LogP contribution in [0.2, 0.25) is 5.15 Å². The standard InChI is InChI=1S/C12H10ClNO3/c1-6-3-4-8(17-2)11-10(6)7(12(15)16)5-9(13)14-11/h3-5H,1-2H3,(H,15,16). The molecule has 0 aliphatic carbocycles. The molecule has 17 heavy (non-hydrogen) atoms. The van der Waals surface area contributed by atoms with Gasteiger partial charge in [-0.2, -0.15) is 0 Å². The Morgan fingerprint density at radius 1 is 1.47 bits per heavy atom. The number of pyridine rings is 1. The molecule has 0 atom stereocenters. The number of ether oxygens (including phenoxy) is 1. The van der Waals surface area contributed by atoms with Gasteiger partial charge in [0.2, 0.25) is 0 Å². The van der Waals surface area contributed by atoms with Crippen molar-refractivity contribution in [1.82, 2.24) is 4.98 Å². The summed E-state index contributed by atoms with van der Waals surface area (Å²) in [5.41, 5.74) is 1.43. The number of carbonyl (C=O) groups is 1. The first kappa shape index (κ1) is 11.7. The third kappa shape index (κ3) is 1.91. The van der Waals surface area contributed by atoms with Crippen molar-refractivity contribution in [2.45, 2.75) is 6.92 Å². The number of hydrogen-bond acceptors (Lipinski definition) is 3. The summed E-state index contributed by atoms with van der Waals surface area (Å²) in [5, 5.41) is 9.86. The van der Waals surface area contributed by atoms with Crippen LogP contribution in [-0.4, -0.2) is 23.2 Å². The fourth-order valence-electron chi connectivity index (χ4n) is 1.79. The summed E-state index contributed by atoms with van der Waals surface area (Å²) in [4.78, 5) is 15.3. The molecule has 0 aliphatic heterocycles. The number of benzene rings is 1. The Bertz CT molecular complexity index is 610. The maximum atomic E-state index is 11.2.